The summed E-state index contributed by atoms with van der Waals surface area (Å²) in [5, 5.41) is 3.50. The normalized spacial score (nSPS) is 14.8. The van der Waals surface area contributed by atoms with Crippen molar-refractivity contribution in [3.05, 3.63) is 70.5 Å². The van der Waals surface area contributed by atoms with Crippen molar-refractivity contribution >= 4 is 35.2 Å². The zero-order chi connectivity index (χ0) is 22.9. The first-order valence-electron chi connectivity index (χ1n) is 11.1. The summed E-state index contributed by atoms with van der Waals surface area (Å²) in [4.78, 5) is 28.0. The van der Waals surface area contributed by atoms with Crippen LogP contribution >= 0.6 is 23.4 Å². The lowest BCUT2D eigenvalue weighted by Crippen LogP contribution is -2.51. The molecule has 1 N–H and O–H groups in total. The molecule has 0 heterocycles. The van der Waals surface area contributed by atoms with E-state index in [0.717, 1.165) is 31.2 Å². The van der Waals surface area contributed by atoms with E-state index in [1.807, 2.05) is 37.3 Å². The molecule has 1 aliphatic carbocycles. The van der Waals surface area contributed by atoms with Gasteiger partial charge in [0.2, 0.25) is 11.8 Å². The Morgan fingerprint density at radius 2 is 1.88 bits per heavy atom. The van der Waals surface area contributed by atoms with Gasteiger partial charge in [-0.05, 0) is 37.0 Å². The fraction of sp³-hybridized carbons (Fsp3) is 0.440. The Morgan fingerprint density at radius 1 is 1.16 bits per heavy atom. The molecule has 7 heteroatoms. The molecule has 0 aliphatic heterocycles. The van der Waals surface area contributed by atoms with Gasteiger partial charge in [0.25, 0.3) is 0 Å². The van der Waals surface area contributed by atoms with E-state index in [-0.39, 0.29) is 29.4 Å². The van der Waals surface area contributed by atoms with Crippen LogP contribution < -0.4 is 5.32 Å². The van der Waals surface area contributed by atoms with Crippen LogP contribution in [0.1, 0.15) is 50.2 Å². The molecule has 1 saturated carbocycles. The first-order chi connectivity index (χ1) is 15.5. The molecule has 4 nitrogen and oxygen atoms in total. The van der Waals surface area contributed by atoms with Crippen molar-refractivity contribution in [2.24, 2.45) is 0 Å². The topological polar surface area (TPSA) is 49.4 Å². The van der Waals surface area contributed by atoms with Crippen molar-refractivity contribution in [2.45, 2.75) is 63.4 Å². The summed E-state index contributed by atoms with van der Waals surface area (Å²) >= 11 is 7.42. The SMILES string of the molecule is CCC(C(=O)NC1CCCC1)N(Cc1ccccc1)C(=O)CSCc1c(F)cccc1Cl. The highest BCUT2D eigenvalue weighted by atomic mass is 35.5. The van der Waals surface area contributed by atoms with E-state index in [9.17, 15) is 14.0 Å². The maximum atomic E-state index is 14.1. The molecule has 3 rings (SSSR count). The van der Waals surface area contributed by atoms with Crippen LogP contribution in [0.15, 0.2) is 48.5 Å². The fourth-order valence-corrected chi connectivity index (χ4v) is 5.31. The number of halogens is 2. The summed E-state index contributed by atoms with van der Waals surface area (Å²) in [6, 6.07) is 13.9. The van der Waals surface area contributed by atoms with Gasteiger partial charge < -0.3 is 10.2 Å². The molecule has 1 aliphatic rings. The smallest absolute Gasteiger partial charge is 0.243 e. The van der Waals surface area contributed by atoms with Gasteiger partial charge in [-0.3, -0.25) is 9.59 Å². The lowest BCUT2D eigenvalue weighted by molar-refractivity contribution is -0.139. The zero-order valence-electron chi connectivity index (χ0n) is 18.4. The molecule has 0 aromatic heterocycles. The quantitative estimate of drug-likeness (QED) is 0.487. The Bertz CT molecular complexity index is 886. The fourth-order valence-electron chi connectivity index (χ4n) is 4.06. The summed E-state index contributed by atoms with van der Waals surface area (Å²) in [6.45, 7) is 2.29. The highest BCUT2D eigenvalue weighted by Gasteiger charge is 2.30. The number of hydrogen-bond acceptors (Lipinski definition) is 3. The Kier molecular flexibility index (Phi) is 9.42. The third-order valence-electron chi connectivity index (χ3n) is 5.82. The second kappa shape index (κ2) is 12.3. The number of nitrogens with one attached hydrogen (secondary N) is 1. The summed E-state index contributed by atoms with van der Waals surface area (Å²) in [5.74, 6) is -0.168. The predicted octanol–water partition coefficient (Wildman–Crippen LogP) is 5.58. The first kappa shape index (κ1) is 24.6. The van der Waals surface area contributed by atoms with Crippen molar-refractivity contribution in [1.82, 2.24) is 10.2 Å². The molecule has 1 fully saturated rings. The van der Waals surface area contributed by atoms with Gasteiger partial charge in [-0.15, -0.1) is 11.8 Å². The van der Waals surface area contributed by atoms with Crippen molar-refractivity contribution in [3.8, 4) is 0 Å². The van der Waals surface area contributed by atoms with Crippen LogP contribution in [0.2, 0.25) is 5.02 Å². The molecule has 2 amide bonds. The van der Waals surface area contributed by atoms with E-state index in [1.54, 1.807) is 17.0 Å². The van der Waals surface area contributed by atoms with Crippen molar-refractivity contribution in [2.75, 3.05) is 5.75 Å². The summed E-state index contributed by atoms with van der Waals surface area (Å²) in [6.07, 6.45) is 4.77. The second-order valence-corrected chi connectivity index (χ2v) is 9.51. The Morgan fingerprint density at radius 3 is 2.53 bits per heavy atom. The third kappa shape index (κ3) is 6.72. The molecule has 1 atom stereocenters. The summed E-state index contributed by atoms with van der Waals surface area (Å²) in [5.41, 5.74) is 1.36. The first-order valence-corrected chi connectivity index (χ1v) is 12.7. The molecular formula is C25H30ClFN2O2S. The molecule has 0 saturated heterocycles. The largest absolute Gasteiger partial charge is 0.352 e. The Labute approximate surface area is 198 Å². The number of thioether (sulfide) groups is 1. The standard InChI is InChI=1S/C25H30ClFN2O2S/c1-2-23(25(31)28-19-11-6-7-12-19)29(15-18-9-4-3-5-10-18)24(30)17-32-16-20-21(26)13-8-14-22(20)27/h3-5,8-10,13-14,19,23H,2,6-7,11-12,15-17H2,1H3,(H,28,31). The van der Waals surface area contributed by atoms with Gasteiger partial charge in [0, 0.05) is 28.9 Å². The minimum absolute atomic E-state index is 0.0918. The van der Waals surface area contributed by atoms with Crippen LogP contribution in [0.5, 0.6) is 0 Å². The second-order valence-electron chi connectivity index (χ2n) is 8.11. The average Bonchev–Trinajstić information content (AvgIpc) is 3.29. The molecule has 2 aromatic rings. The maximum absolute atomic E-state index is 14.1. The molecule has 2 aromatic carbocycles. The predicted molar refractivity (Wildman–Crippen MR) is 129 cm³/mol. The molecule has 0 bridgehead atoms. The molecule has 0 radical (unpaired) electrons. The third-order valence-corrected chi connectivity index (χ3v) is 7.11. The van der Waals surface area contributed by atoms with Crippen molar-refractivity contribution in [3.63, 3.8) is 0 Å². The van der Waals surface area contributed by atoms with Gasteiger partial charge in [-0.1, -0.05) is 67.8 Å². The van der Waals surface area contributed by atoms with Gasteiger partial charge in [0.1, 0.15) is 11.9 Å². The van der Waals surface area contributed by atoms with Gasteiger partial charge in [0.05, 0.1) is 5.75 Å². The monoisotopic (exact) mass is 476 g/mol. The number of carbonyl (C=O) groups is 2. The molecular weight excluding hydrogens is 447 g/mol. The van der Waals surface area contributed by atoms with E-state index in [4.69, 9.17) is 11.6 Å². The number of nitrogens with zero attached hydrogens (tertiary/aromatic N) is 1. The number of benzene rings is 2. The molecule has 172 valence electrons. The highest BCUT2D eigenvalue weighted by molar-refractivity contribution is 7.99. The average molecular weight is 477 g/mol. The minimum Gasteiger partial charge on any atom is -0.352 e. The van der Waals surface area contributed by atoms with Crippen LogP contribution in [-0.4, -0.2) is 34.6 Å². The molecule has 32 heavy (non-hydrogen) atoms. The number of amides is 2. The van der Waals surface area contributed by atoms with Crippen LogP contribution in [0.4, 0.5) is 4.39 Å². The highest BCUT2D eigenvalue weighted by Crippen LogP contribution is 2.25. The van der Waals surface area contributed by atoms with Gasteiger partial charge >= 0.3 is 0 Å². The number of rotatable bonds is 10. The lowest BCUT2D eigenvalue weighted by Gasteiger charge is -2.31. The maximum Gasteiger partial charge on any atom is 0.243 e. The van der Waals surface area contributed by atoms with Crippen LogP contribution in [0.3, 0.4) is 0 Å². The van der Waals surface area contributed by atoms with E-state index in [0.29, 0.717) is 29.3 Å². The Balaban J connectivity index is 1.70. The van der Waals surface area contributed by atoms with E-state index in [1.165, 1.54) is 17.8 Å². The van der Waals surface area contributed by atoms with E-state index >= 15 is 0 Å². The van der Waals surface area contributed by atoms with Crippen LogP contribution in [0.25, 0.3) is 0 Å². The van der Waals surface area contributed by atoms with Crippen LogP contribution in [0, 0.1) is 5.82 Å². The number of hydrogen-bond donors (Lipinski definition) is 1. The van der Waals surface area contributed by atoms with Crippen molar-refractivity contribution in [1.29, 1.82) is 0 Å². The van der Waals surface area contributed by atoms with Crippen molar-refractivity contribution < 1.29 is 14.0 Å². The lowest BCUT2D eigenvalue weighted by atomic mass is 10.1. The molecule has 1 unspecified atom stereocenters. The molecule has 0 spiro atoms. The zero-order valence-corrected chi connectivity index (χ0v) is 19.9. The number of carbonyl (C=O) groups excluding carboxylic acids is 2. The van der Waals surface area contributed by atoms with E-state index < -0.39 is 6.04 Å². The van der Waals surface area contributed by atoms with Gasteiger partial charge in [-0.2, -0.15) is 0 Å². The van der Waals surface area contributed by atoms with Gasteiger partial charge in [0.15, 0.2) is 0 Å². The van der Waals surface area contributed by atoms with Gasteiger partial charge in [-0.25, -0.2) is 4.39 Å². The summed E-state index contributed by atoms with van der Waals surface area (Å²) < 4.78 is 14.1. The van der Waals surface area contributed by atoms with Crippen LogP contribution in [-0.2, 0) is 21.9 Å². The Hall–Kier alpha value is -2.05. The summed E-state index contributed by atoms with van der Waals surface area (Å²) in [7, 11) is 0. The minimum atomic E-state index is -0.541. The van der Waals surface area contributed by atoms with E-state index in [2.05, 4.69) is 5.32 Å².